The van der Waals surface area contributed by atoms with Gasteiger partial charge in [-0.25, -0.2) is 4.79 Å². The largest absolute Gasteiger partial charge is 0.322 e. The molecule has 2 amide bonds. The molecule has 1 aromatic heterocycles. The van der Waals surface area contributed by atoms with Crippen molar-refractivity contribution in [3.8, 4) is 0 Å². The number of hydrogen-bond acceptors (Lipinski definition) is 4. The van der Waals surface area contributed by atoms with Crippen molar-refractivity contribution in [1.29, 1.82) is 0 Å². The first-order valence-corrected chi connectivity index (χ1v) is 9.72. The SMILES string of the molecule is CN(C)Cc1ccc([C@@H]2CCCCN2C(=O)Nc2cccc3n[nH]nc23)cc1. The zero-order valence-corrected chi connectivity index (χ0v) is 16.4. The molecule has 0 aliphatic carbocycles. The number of para-hydroxylation sites is 1. The number of benzene rings is 2. The lowest BCUT2D eigenvalue weighted by Crippen LogP contribution is -2.41. The number of H-pyrrole nitrogens is 1. The van der Waals surface area contributed by atoms with Gasteiger partial charge in [0.25, 0.3) is 0 Å². The fourth-order valence-corrected chi connectivity index (χ4v) is 3.89. The Morgan fingerprint density at radius 1 is 1.18 bits per heavy atom. The summed E-state index contributed by atoms with van der Waals surface area (Å²) in [7, 11) is 4.13. The van der Waals surface area contributed by atoms with E-state index in [0.29, 0.717) is 11.2 Å². The minimum Gasteiger partial charge on any atom is -0.317 e. The zero-order chi connectivity index (χ0) is 19.5. The molecule has 1 aliphatic rings. The summed E-state index contributed by atoms with van der Waals surface area (Å²) in [6, 6.07) is 14.3. The monoisotopic (exact) mass is 378 g/mol. The molecule has 28 heavy (non-hydrogen) atoms. The first-order valence-electron chi connectivity index (χ1n) is 9.72. The number of carbonyl (C=O) groups excluding carboxylic acids is 1. The van der Waals surface area contributed by atoms with Crippen molar-refractivity contribution in [3.05, 3.63) is 53.6 Å². The molecular formula is C21H26N6O. The summed E-state index contributed by atoms with van der Waals surface area (Å²) >= 11 is 0. The van der Waals surface area contributed by atoms with Crippen LogP contribution in [0.2, 0.25) is 0 Å². The Morgan fingerprint density at radius 3 is 2.79 bits per heavy atom. The highest BCUT2D eigenvalue weighted by Crippen LogP contribution is 2.32. The minimum absolute atomic E-state index is 0.0856. The van der Waals surface area contributed by atoms with E-state index in [0.717, 1.165) is 37.9 Å². The van der Waals surface area contributed by atoms with E-state index in [9.17, 15) is 4.79 Å². The number of nitrogens with one attached hydrogen (secondary N) is 2. The molecule has 2 heterocycles. The Bertz CT molecular complexity index is 949. The van der Waals surface area contributed by atoms with Crippen LogP contribution in [0.4, 0.5) is 10.5 Å². The van der Waals surface area contributed by atoms with Crippen LogP contribution in [0.3, 0.4) is 0 Å². The number of aromatic amines is 1. The van der Waals surface area contributed by atoms with Gasteiger partial charge in [0.2, 0.25) is 0 Å². The first-order chi connectivity index (χ1) is 13.6. The van der Waals surface area contributed by atoms with Crippen LogP contribution in [0.25, 0.3) is 11.0 Å². The molecule has 7 nitrogen and oxygen atoms in total. The molecule has 0 radical (unpaired) electrons. The van der Waals surface area contributed by atoms with E-state index in [4.69, 9.17) is 0 Å². The molecule has 1 saturated heterocycles. The fraction of sp³-hybridized carbons (Fsp3) is 0.381. The Morgan fingerprint density at radius 2 is 2.00 bits per heavy atom. The number of carbonyl (C=O) groups is 1. The number of anilines is 1. The predicted octanol–water partition coefficient (Wildman–Crippen LogP) is 3.78. The van der Waals surface area contributed by atoms with Crippen molar-refractivity contribution in [2.75, 3.05) is 26.0 Å². The van der Waals surface area contributed by atoms with Crippen LogP contribution in [-0.2, 0) is 6.54 Å². The summed E-state index contributed by atoms with van der Waals surface area (Å²) in [5, 5.41) is 13.9. The van der Waals surface area contributed by atoms with Gasteiger partial charge < -0.3 is 15.1 Å². The molecule has 2 N–H and O–H groups in total. The molecule has 2 aromatic carbocycles. The highest BCUT2D eigenvalue weighted by molar-refractivity contribution is 5.98. The summed E-state index contributed by atoms with van der Waals surface area (Å²) in [6.07, 6.45) is 3.14. The Hall–Kier alpha value is -2.93. The highest BCUT2D eigenvalue weighted by atomic mass is 16.2. The van der Waals surface area contributed by atoms with Gasteiger partial charge in [0.15, 0.2) is 0 Å². The van der Waals surface area contributed by atoms with Crippen LogP contribution in [-0.4, -0.2) is 51.9 Å². The Balaban J connectivity index is 1.53. The van der Waals surface area contributed by atoms with Crippen LogP contribution < -0.4 is 5.32 Å². The van der Waals surface area contributed by atoms with Crippen molar-refractivity contribution >= 4 is 22.8 Å². The number of likely N-dealkylation sites (tertiary alicyclic amines) is 1. The van der Waals surface area contributed by atoms with Gasteiger partial charge in [0, 0.05) is 13.1 Å². The van der Waals surface area contributed by atoms with E-state index < -0.39 is 0 Å². The summed E-state index contributed by atoms with van der Waals surface area (Å²) in [5.74, 6) is 0. The summed E-state index contributed by atoms with van der Waals surface area (Å²) < 4.78 is 0. The second kappa shape index (κ2) is 7.98. The molecule has 0 spiro atoms. The molecule has 3 aromatic rings. The lowest BCUT2D eigenvalue weighted by Gasteiger charge is -2.36. The van der Waals surface area contributed by atoms with Gasteiger partial charge in [-0.3, -0.25) is 0 Å². The molecule has 7 heteroatoms. The Labute approximate surface area is 164 Å². The van der Waals surface area contributed by atoms with Crippen LogP contribution in [0.15, 0.2) is 42.5 Å². The van der Waals surface area contributed by atoms with Crippen LogP contribution in [0, 0.1) is 0 Å². The van der Waals surface area contributed by atoms with Gasteiger partial charge in [-0.05, 0) is 56.6 Å². The molecule has 4 rings (SSSR count). The molecule has 1 fully saturated rings. The third-order valence-electron chi connectivity index (χ3n) is 5.22. The van der Waals surface area contributed by atoms with E-state index >= 15 is 0 Å². The number of nitrogens with zero attached hydrogens (tertiary/aromatic N) is 4. The fourth-order valence-electron chi connectivity index (χ4n) is 3.89. The van der Waals surface area contributed by atoms with Crippen molar-refractivity contribution < 1.29 is 4.79 Å². The average Bonchev–Trinajstić information content (AvgIpc) is 3.18. The zero-order valence-electron chi connectivity index (χ0n) is 16.4. The van der Waals surface area contributed by atoms with Crippen molar-refractivity contribution in [3.63, 3.8) is 0 Å². The average molecular weight is 378 g/mol. The van der Waals surface area contributed by atoms with E-state index in [2.05, 4.69) is 64.0 Å². The van der Waals surface area contributed by atoms with Gasteiger partial charge in [0.1, 0.15) is 11.0 Å². The van der Waals surface area contributed by atoms with Crippen molar-refractivity contribution in [1.82, 2.24) is 25.2 Å². The third kappa shape index (κ3) is 3.84. The van der Waals surface area contributed by atoms with Gasteiger partial charge in [-0.2, -0.15) is 15.4 Å². The summed E-state index contributed by atoms with van der Waals surface area (Å²) in [6.45, 7) is 1.67. The van der Waals surface area contributed by atoms with Crippen LogP contribution >= 0.6 is 0 Å². The molecule has 0 bridgehead atoms. The number of amides is 2. The number of fused-ring (bicyclic) bond motifs is 1. The van der Waals surface area contributed by atoms with Gasteiger partial charge >= 0.3 is 6.03 Å². The van der Waals surface area contributed by atoms with Gasteiger partial charge in [-0.1, -0.05) is 30.3 Å². The van der Waals surface area contributed by atoms with Crippen LogP contribution in [0.1, 0.15) is 36.4 Å². The van der Waals surface area contributed by atoms with E-state index in [1.807, 2.05) is 23.1 Å². The van der Waals surface area contributed by atoms with E-state index in [1.54, 1.807) is 0 Å². The minimum atomic E-state index is -0.0856. The molecule has 0 saturated carbocycles. The standard InChI is InChI=1S/C21H26N6O/c1-26(2)14-15-9-11-16(12-10-15)19-8-3-4-13-27(19)21(28)22-17-6-5-7-18-20(17)24-25-23-18/h5-7,9-12,19H,3-4,8,13-14H2,1-2H3,(H,22,28)(H,23,24,25)/t19-/m0/s1. The lowest BCUT2D eigenvalue weighted by molar-refractivity contribution is 0.163. The molecule has 146 valence electrons. The maximum atomic E-state index is 13.1. The van der Waals surface area contributed by atoms with Crippen LogP contribution in [0.5, 0.6) is 0 Å². The lowest BCUT2D eigenvalue weighted by atomic mass is 9.95. The maximum absolute atomic E-state index is 13.1. The first kappa shape index (κ1) is 18.4. The predicted molar refractivity (Wildman–Crippen MR) is 110 cm³/mol. The molecular weight excluding hydrogens is 352 g/mol. The normalized spacial score (nSPS) is 17.2. The second-order valence-corrected chi connectivity index (χ2v) is 7.61. The van der Waals surface area contributed by atoms with Gasteiger partial charge in [-0.15, -0.1) is 0 Å². The maximum Gasteiger partial charge on any atom is 0.322 e. The van der Waals surface area contributed by atoms with Crippen molar-refractivity contribution in [2.45, 2.75) is 31.8 Å². The highest BCUT2D eigenvalue weighted by Gasteiger charge is 2.28. The molecule has 1 aliphatic heterocycles. The topological polar surface area (TPSA) is 77.1 Å². The van der Waals surface area contributed by atoms with Crippen molar-refractivity contribution in [2.24, 2.45) is 0 Å². The van der Waals surface area contributed by atoms with E-state index in [-0.39, 0.29) is 12.1 Å². The molecule has 1 atom stereocenters. The number of hydrogen-bond donors (Lipinski definition) is 2. The quantitative estimate of drug-likeness (QED) is 0.724. The second-order valence-electron chi connectivity index (χ2n) is 7.61. The Kier molecular flexibility index (Phi) is 5.25. The van der Waals surface area contributed by atoms with Gasteiger partial charge in [0.05, 0.1) is 11.7 Å². The number of urea groups is 1. The number of aromatic nitrogens is 3. The number of piperidine rings is 1. The summed E-state index contributed by atoms with van der Waals surface area (Å²) in [5.41, 5.74) is 4.57. The van der Waals surface area contributed by atoms with E-state index in [1.165, 1.54) is 11.1 Å². The smallest absolute Gasteiger partial charge is 0.317 e. The number of rotatable bonds is 4. The molecule has 0 unspecified atom stereocenters. The third-order valence-corrected chi connectivity index (χ3v) is 5.22. The summed E-state index contributed by atoms with van der Waals surface area (Å²) in [4.78, 5) is 17.2.